The van der Waals surface area contributed by atoms with Gasteiger partial charge in [-0.3, -0.25) is 15.0 Å². The molecule has 0 saturated carbocycles. The van der Waals surface area contributed by atoms with Crippen molar-refractivity contribution in [3.8, 4) is 6.19 Å². The number of urea groups is 1. The number of hydrogen-bond acceptors (Lipinski definition) is 9. The molecule has 0 aliphatic carbocycles. The van der Waals surface area contributed by atoms with Crippen LogP contribution in [0.4, 0.5) is 21.2 Å². The molecule has 4 aliphatic rings. The number of aromatic amines is 1. The average Bonchev–Trinajstić information content (AvgIpc) is 3.47. The first-order chi connectivity index (χ1) is 24.7. The first-order valence-corrected chi connectivity index (χ1v) is 18.2. The number of nitriles is 1. The van der Waals surface area contributed by atoms with Gasteiger partial charge in [-0.2, -0.15) is 5.26 Å². The number of likely N-dealkylation sites (tertiary alicyclic amines) is 2. The van der Waals surface area contributed by atoms with Gasteiger partial charge in [0.2, 0.25) is 5.95 Å². The number of nitrogens with zero attached hydrogens (tertiary/aromatic N) is 7. The Balaban J connectivity index is 1.02. The lowest BCUT2D eigenvalue weighted by Crippen LogP contribution is -2.54. The summed E-state index contributed by atoms with van der Waals surface area (Å²) in [5, 5.41) is 14.7. The van der Waals surface area contributed by atoms with E-state index in [4.69, 9.17) is 10.00 Å². The number of rotatable bonds is 7. The summed E-state index contributed by atoms with van der Waals surface area (Å²) in [6.07, 6.45) is 4.42. The number of piperazine rings is 1. The molecule has 1 atom stereocenters. The number of aryl methyl sites for hydroxylation is 1. The van der Waals surface area contributed by atoms with E-state index >= 15 is 0 Å². The number of anilines is 2. The van der Waals surface area contributed by atoms with Crippen LogP contribution in [0.15, 0.2) is 36.4 Å². The number of hydrogen-bond donors (Lipinski definition) is 3. The number of amides is 4. The topological polar surface area (TPSA) is 153 Å². The van der Waals surface area contributed by atoms with Crippen molar-refractivity contribution in [1.29, 1.82) is 5.26 Å². The number of nitrogens with one attached hydrogen (secondary N) is 3. The molecule has 270 valence electrons. The predicted octanol–water partition coefficient (Wildman–Crippen LogP) is 3.61. The van der Waals surface area contributed by atoms with Crippen LogP contribution in [0, 0.1) is 18.4 Å². The van der Waals surface area contributed by atoms with Gasteiger partial charge >= 0.3 is 12.1 Å². The van der Waals surface area contributed by atoms with Crippen molar-refractivity contribution in [2.75, 3.05) is 76.6 Å². The van der Waals surface area contributed by atoms with E-state index in [1.807, 2.05) is 59.3 Å². The Kier molecular flexibility index (Phi) is 10.3. The standard InChI is InChI=1S/C37H48N10O4/c1-25-21-26(22-31-33(25)42-35(40-31)39-24-38)23-32(34(48)45-12-8-28(9-13-45)44-19-17-43(2)18-20-44)51-37(50)46-14-10-29(11-15-46)47-16-7-27-5-3-4-6-30(27)41-36(47)49/h3-6,21-22,28-29,32H,7-20,23H2,1-2H3,(H,41,49)(H2,39,40,42)/t32-/m1/s1. The van der Waals surface area contributed by atoms with Gasteiger partial charge in [0.15, 0.2) is 12.3 Å². The van der Waals surface area contributed by atoms with Gasteiger partial charge in [-0.05, 0) is 74.9 Å². The predicted molar refractivity (Wildman–Crippen MR) is 193 cm³/mol. The first-order valence-electron chi connectivity index (χ1n) is 18.2. The van der Waals surface area contributed by atoms with E-state index < -0.39 is 12.2 Å². The Labute approximate surface area is 298 Å². The molecule has 0 unspecified atom stereocenters. The lowest BCUT2D eigenvalue weighted by molar-refractivity contribution is -0.142. The molecule has 0 bridgehead atoms. The molecule has 3 N–H and O–H groups in total. The molecule has 1 aromatic heterocycles. The third-order valence-electron chi connectivity index (χ3n) is 11.1. The van der Waals surface area contributed by atoms with Crippen molar-refractivity contribution < 1.29 is 19.1 Å². The normalized spacial score (nSPS) is 20.3. The summed E-state index contributed by atoms with van der Waals surface area (Å²) >= 11 is 0. The summed E-state index contributed by atoms with van der Waals surface area (Å²) in [6.45, 7) is 8.88. The van der Waals surface area contributed by atoms with Crippen molar-refractivity contribution in [1.82, 2.24) is 34.5 Å². The summed E-state index contributed by atoms with van der Waals surface area (Å²) in [5.74, 6) is 0.172. The summed E-state index contributed by atoms with van der Waals surface area (Å²) in [6, 6.07) is 12.1. The fourth-order valence-corrected chi connectivity index (χ4v) is 8.13. The second kappa shape index (κ2) is 15.2. The highest BCUT2D eigenvalue weighted by Crippen LogP contribution is 2.27. The maximum absolute atomic E-state index is 14.2. The molecule has 14 nitrogen and oxygen atoms in total. The fraction of sp³-hybridized carbons (Fsp3) is 0.541. The van der Waals surface area contributed by atoms with Gasteiger partial charge in [0.1, 0.15) is 0 Å². The number of para-hydroxylation sites is 1. The highest BCUT2D eigenvalue weighted by Gasteiger charge is 2.36. The quantitative estimate of drug-likeness (QED) is 0.249. The van der Waals surface area contributed by atoms with Crippen molar-refractivity contribution in [3.63, 3.8) is 0 Å². The highest BCUT2D eigenvalue weighted by molar-refractivity contribution is 5.91. The zero-order valence-electron chi connectivity index (χ0n) is 29.6. The van der Waals surface area contributed by atoms with Gasteiger partial charge in [0.05, 0.1) is 11.0 Å². The van der Waals surface area contributed by atoms with Gasteiger partial charge in [0.25, 0.3) is 5.91 Å². The van der Waals surface area contributed by atoms with Crippen LogP contribution in [-0.2, 0) is 22.4 Å². The molecular weight excluding hydrogens is 648 g/mol. The third-order valence-corrected chi connectivity index (χ3v) is 11.1. The number of piperidine rings is 2. The maximum Gasteiger partial charge on any atom is 0.410 e. The minimum absolute atomic E-state index is 0.00640. The highest BCUT2D eigenvalue weighted by atomic mass is 16.6. The van der Waals surface area contributed by atoms with E-state index in [1.54, 1.807) is 4.90 Å². The molecule has 7 rings (SSSR count). The number of carbonyl (C=O) groups excluding carboxylic acids is 3. The molecular formula is C37H48N10O4. The molecule has 4 amide bonds. The summed E-state index contributed by atoms with van der Waals surface area (Å²) < 4.78 is 6.13. The van der Waals surface area contributed by atoms with E-state index in [0.29, 0.717) is 57.6 Å². The van der Waals surface area contributed by atoms with Crippen molar-refractivity contribution in [2.45, 2.75) is 63.6 Å². The van der Waals surface area contributed by atoms with Gasteiger partial charge in [0, 0.05) is 83.1 Å². The number of fused-ring (bicyclic) bond motifs is 2. The van der Waals surface area contributed by atoms with Crippen molar-refractivity contribution >= 4 is 40.7 Å². The molecule has 3 aromatic rings. The second-order valence-corrected chi connectivity index (χ2v) is 14.4. The lowest BCUT2D eigenvalue weighted by Gasteiger charge is -2.42. The summed E-state index contributed by atoms with van der Waals surface area (Å²) in [4.78, 5) is 59.0. The summed E-state index contributed by atoms with van der Waals surface area (Å²) in [7, 11) is 2.16. The van der Waals surface area contributed by atoms with E-state index in [1.165, 1.54) is 0 Å². The molecule has 51 heavy (non-hydrogen) atoms. The molecule has 3 fully saturated rings. The molecule has 3 saturated heterocycles. The van der Waals surface area contributed by atoms with Crippen LogP contribution in [-0.4, -0.2) is 137 Å². The zero-order valence-corrected chi connectivity index (χ0v) is 29.6. The van der Waals surface area contributed by atoms with E-state index in [2.05, 4.69) is 37.4 Å². The van der Waals surface area contributed by atoms with Crippen LogP contribution in [0.3, 0.4) is 0 Å². The van der Waals surface area contributed by atoms with Gasteiger partial charge in [-0.25, -0.2) is 14.6 Å². The Morgan fingerprint density at radius 2 is 1.69 bits per heavy atom. The van der Waals surface area contributed by atoms with Gasteiger partial charge < -0.3 is 34.6 Å². The number of likely N-dealkylation sites (N-methyl/N-ethyl adjacent to an activating group) is 1. The Morgan fingerprint density at radius 1 is 0.980 bits per heavy atom. The third kappa shape index (κ3) is 7.74. The van der Waals surface area contributed by atoms with E-state index in [9.17, 15) is 14.4 Å². The summed E-state index contributed by atoms with van der Waals surface area (Å²) in [5.41, 5.74) is 5.15. The SMILES string of the molecule is Cc1cc(C[C@@H](OC(=O)N2CCC(N3CCc4ccccc4NC3=O)CC2)C(=O)N2CCC(N3CCN(C)CC3)CC2)cc2[nH]c(NC#N)nc12. The Hall–Kier alpha value is -4.87. The number of H-pyrrole nitrogens is 1. The van der Waals surface area contributed by atoms with Crippen LogP contribution >= 0.6 is 0 Å². The minimum atomic E-state index is -0.998. The Bertz CT molecular complexity index is 1780. The molecule has 2 aromatic carbocycles. The first kappa shape index (κ1) is 34.6. The van der Waals surface area contributed by atoms with Crippen molar-refractivity contribution in [2.24, 2.45) is 0 Å². The lowest BCUT2D eigenvalue weighted by atomic mass is 9.99. The largest absolute Gasteiger partial charge is 0.436 e. The molecule has 14 heteroatoms. The fourth-order valence-electron chi connectivity index (χ4n) is 8.13. The van der Waals surface area contributed by atoms with E-state index in [0.717, 1.165) is 78.9 Å². The number of ether oxygens (including phenoxy) is 1. The van der Waals surface area contributed by atoms with Crippen LogP contribution in [0.1, 0.15) is 42.4 Å². The van der Waals surface area contributed by atoms with Crippen LogP contribution in [0.5, 0.6) is 0 Å². The van der Waals surface area contributed by atoms with E-state index in [-0.39, 0.29) is 24.4 Å². The zero-order chi connectivity index (χ0) is 35.5. The van der Waals surface area contributed by atoms with Crippen molar-refractivity contribution in [3.05, 3.63) is 53.1 Å². The van der Waals surface area contributed by atoms with Crippen LogP contribution < -0.4 is 10.6 Å². The van der Waals surface area contributed by atoms with Gasteiger partial charge in [-0.1, -0.05) is 24.3 Å². The van der Waals surface area contributed by atoms with Gasteiger partial charge in [-0.15, -0.1) is 0 Å². The Morgan fingerprint density at radius 3 is 2.43 bits per heavy atom. The number of benzene rings is 2. The average molecular weight is 697 g/mol. The molecule has 0 spiro atoms. The second-order valence-electron chi connectivity index (χ2n) is 14.4. The maximum atomic E-state index is 14.2. The van der Waals surface area contributed by atoms with Crippen LogP contribution in [0.2, 0.25) is 0 Å². The molecule has 0 radical (unpaired) electrons. The molecule has 4 aliphatic heterocycles. The smallest absolute Gasteiger partial charge is 0.410 e. The monoisotopic (exact) mass is 696 g/mol. The number of aromatic nitrogens is 2. The minimum Gasteiger partial charge on any atom is -0.436 e. The number of carbonyl (C=O) groups is 3. The van der Waals surface area contributed by atoms with Crippen LogP contribution in [0.25, 0.3) is 11.0 Å². The number of imidazole rings is 1. The molecule has 5 heterocycles.